The van der Waals surface area contributed by atoms with Crippen LogP contribution in [0.15, 0.2) is 0 Å². The van der Waals surface area contributed by atoms with E-state index in [0.717, 1.165) is 0 Å². The molecule has 0 aromatic carbocycles. The van der Waals surface area contributed by atoms with E-state index in [1.807, 2.05) is 0 Å². The van der Waals surface area contributed by atoms with Gasteiger partial charge in [0.05, 0.1) is 25.2 Å². The van der Waals surface area contributed by atoms with Crippen molar-refractivity contribution < 1.29 is 38.8 Å². The van der Waals surface area contributed by atoms with Crippen LogP contribution in [0, 0.1) is 5.41 Å². The summed E-state index contributed by atoms with van der Waals surface area (Å²) in [6.07, 6.45) is 0. The van der Waals surface area contributed by atoms with Crippen molar-refractivity contribution in [3.8, 4) is 0 Å². The van der Waals surface area contributed by atoms with Crippen LogP contribution < -0.4 is 0 Å². The normalized spacial score (nSPS) is 13.8. The van der Waals surface area contributed by atoms with Gasteiger partial charge in [-0.3, -0.25) is 4.52 Å². The Morgan fingerprint density at radius 1 is 0.941 bits per heavy atom. The van der Waals surface area contributed by atoms with E-state index in [0.29, 0.717) is 0 Å². The molecule has 0 rings (SSSR count). The van der Waals surface area contributed by atoms with Crippen molar-refractivity contribution in [3.63, 3.8) is 0 Å². The molecule has 0 atom stereocenters. The Morgan fingerprint density at radius 2 is 1.41 bits per heavy atom. The second-order valence-corrected chi connectivity index (χ2v) is 5.69. The Hall–Kier alpha value is 1.12. The molecule has 0 saturated carbocycles. The van der Waals surface area contributed by atoms with Gasteiger partial charge in [-0.15, -0.1) is 0 Å². The molecule has 0 saturated heterocycles. The first-order valence-corrected chi connectivity index (χ1v) is 7.07. The fraction of sp³-hybridized carbons (Fsp3) is 1.00. The van der Waals surface area contributed by atoms with E-state index in [9.17, 15) is 0 Å². The Bertz CT molecular complexity index is 224. The summed E-state index contributed by atoms with van der Waals surface area (Å²) in [6.45, 7) is -2.39. The zero-order valence-electron chi connectivity index (χ0n) is 8.27. The molecule has 0 aromatic heterocycles. The van der Waals surface area contributed by atoms with Gasteiger partial charge in [0.2, 0.25) is 4.52 Å². The molecule has 104 valence electrons. The Balaban J connectivity index is 4.89. The second-order valence-electron chi connectivity index (χ2n) is 2.98. The van der Waals surface area contributed by atoms with Crippen molar-refractivity contribution in [1.82, 2.24) is 0 Å². The molecule has 0 radical (unpaired) electrons. The monoisotopic (exact) mass is 332 g/mol. The molecular weight excluding hydrogens is 321 g/mol. The van der Waals surface area contributed by atoms with E-state index < -0.39 is 47.0 Å². The smallest absolute Gasteiger partial charge is 0.329 e. The highest BCUT2D eigenvalue weighted by Gasteiger charge is 2.52. The summed E-state index contributed by atoms with van der Waals surface area (Å²) < 4.78 is 6.38. The van der Waals surface area contributed by atoms with Crippen molar-refractivity contribution >= 4 is 40.4 Å². The number of aliphatic hydroxyl groups is 2. The van der Waals surface area contributed by atoms with Gasteiger partial charge >= 0.3 is 17.2 Å². The number of hydrogen-bond donors (Lipinski definition) is 6. The molecule has 0 fully saturated rings. The molecule has 12 heteroatoms. The Labute approximate surface area is 109 Å². The maximum atomic E-state index is 9.14. The summed E-state index contributed by atoms with van der Waals surface area (Å²) >= 11 is 11.2. The van der Waals surface area contributed by atoms with Crippen LogP contribution in [0.25, 0.3) is 0 Å². The largest absolute Gasteiger partial charge is 0.395 e. The van der Waals surface area contributed by atoms with Crippen LogP contribution in [0.5, 0.6) is 0 Å². The van der Waals surface area contributed by atoms with E-state index >= 15 is 0 Å². The molecule has 0 aliphatic heterocycles. The predicted molar refractivity (Wildman–Crippen MR) is 60.8 cm³/mol. The summed E-state index contributed by atoms with van der Waals surface area (Å²) in [5.41, 5.74) is -1.87. The van der Waals surface area contributed by atoms with E-state index in [1.54, 1.807) is 0 Å². The lowest BCUT2D eigenvalue weighted by atomic mass is 9.92. The summed E-state index contributed by atoms with van der Waals surface area (Å²) in [5, 5.41) is 18.3. The van der Waals surface area contributed by atoms with Crippen LogP contribution in [0.4, 0.5) is 0 Å². The first-order chi connectivity index (χ1) is 7.70. The molecule has 0 heterocycles. The molecule has 0 aliphatic carbocycles. The Kier molecular flexibility index (Phi) is 8.15. The number of rotatable bonds is 8. The van der Waals surface area contributed by atoms with Crippen molar-refractivity contribution in [2.75, 3.05) is 19.8 Å². The van der Waals surface area contributed by atoms with Crippen LogP contribution in [-0.4, -0.2) is 54.1 Å². The van der Waals surface area contributed by atoms with Crippen LogP contribution in [0.1, 0.15) is 0 Å². The number of halogens is 2. The highest BCUT2D eigenvalue weighted by atomic mass is 35.5. The number of alkyl halides is 2. The summed E-state index contributed by atoms with van der Waals surface area (Å²) in [4.78, 5) is 34.4. The van der Waals surface area contributed by atoms with Gasteiger partial charge in [0.15, 0.2) is 0 Å². The first-order valence-electron chi connectivity index (χ1n) is 3.98. The molecule has 0 aliphatic rings. The maximum absolute atomic E-state index is 9.14. The third-order valence-electron chi connectivity index (χ3n) is 1.88. The summed E-state index contributed by atoms with van der Waals surface area (Å²) in [7, 11) is -5.71. The average molecular weight is 333 g/mol. The zero-order chi connectivity index (χ0) is 13.7. The summed E-state index contributed by atoms with van der Waals surface area (Å²) in [6, 6.07) is 0. The third-order valence-corrected chi connectivity index (χ3v) is 3.84. The fourth-order valence-corrected chi connectivity index (χ4v) is 2.27. The fourth-order valence-electron chi connectivity index (χ4n) is 0.790. The molecule has 17 heavy (non-hydrogen) atoms. The molecular formula is C5H12Cl2O8P2. The van der Waals surface area contributed by atoms with E-state index in [4.69, 9.17) is 53.0 Å². The average Bonchev–Trinajstić information content (AvgIpc) is 2.17. The van der Waals surface area contributed by atoms with Crippen LogP contribution in [-0.2, 0) is 9.05 Å². The topological polar surface area (TPSA) is 140 Å². The SMILES string of the molecule is OCC(CO)(COP(O)O)C(Cl)(Cl)OP(O)O. The quantitative estimate of drug-likeness (QED) is 0.259. The lowest BCUT2D eigenvalue weighted by Crippen LogP contribution is -2.50. The maximum Gasteiger partial charge on any atom is 0.329 e. The minimum Gasteiger partial charge on any atom is -0.395 e. The molecule has 0 bridgehead atoms. The van der Waals surface area contributed by atoms with Gasteiger partial charge in [-0.2, -0.15) is 0 Å². The molecule has 6 N–H and O–H groups in total. The van der Waals surface area contributed by atoms with Gasteiger partial charge in [-0.1, -0.05) is 23.2 Å². The zero-order valence-corrected chi connectivity index (χ0v) is 11.6. The highest BCUT2D eigenvalue weighted by Crippen LogP contribution is 2.50. The molecule has 8 nitrogen and oxygen atoms in total. The van der Waals surface area contributed by atoms with Gasteiger partial charge in [0.25, 0.3) is 0 Å². The lowest BCUT2D eigenvalue weighted by molar-refractivity contribution is -0.0571. The minimum atomic E-state index is -2.95. The van der Waals surface area contributed by atoms with Crippen molar-refractivity contribution in [2.45, 2.75) is 4.52 Å². The van der Waals surface area contributed by atoms with Crippen molar-refractivity contribution in [2.24, 2.45) is 5.41 Å². The lowest BCUT2D eigenvalue weighted by Gasteiger charge is -2.39. The van der Waals surface area contributed by atoms with Gasteiger partial charge in [-0.05, 0) is 0 Å². The van der Waals surface area contributed by atoms with Crippen molar-refractivity contribution in [1.29, 1.82) is 0 Å². The second kappa shape index (κ2) is 7.65. The van der Waals surface area contributed by atoms with E-state index in [2.05, 4.69) is 9.05 Å². The van der Waals surface area contributed by atoms with Crippen LogP contribution in [0.2, 0.25) is 0 Å². The van der Waals surface area contributed by atoms with Crippen LogP contribution >= 0.6 is 40.4 Å². The predicted octanol–water partition coefficient (Wildman–Crippen LogP) is -0.455. The van der Waals surface area contributed by atoms with Gasteiger partial charge in [-0.25, -0.2) is 0 Å². The highest BCUT2D eigenvalue weighted by molar-refractivity contribution is 7.39. The third kappa shape index (κ3) is 5.32. The molecule has 0 amide bonds. The number of hydrogen-bond acceptors (Lipinski definition) is 8. The van der Waals surface area contributed by atoms with Crippen LogP contribution in [0.3, 0.4) is 0 Å². The van der Waals surface area contributed by atoms with Gasteiger partial charge < -0.3 is 34.3 Å². The summed E-state index contributed by atoms with van der Waals surface area (Å²) in [5.74, 6) is 0. The van der Waals surface area contributed by atoms with Gasteiger partial charge in [0.1, 0.15) is 0 Å². The molecule has 0 aromatic rings. The standard InChI is InChI=1S/C5H12Cl2O8P2/c6-5(7,15-17(12)13)4(1-8,2-9)3-14-16(10)11/h8-13H,1-3H2. The van der Waals surface area contributed by atoms with E-state index in [1.165, 1.54) is 0 Å². The minimum absolute atomic E-state index is 0.672. The molecule has 0 unspecified atom stereocenters. The first kappa shape index (κ1) is 18.1. The van der Waals surface area contributed by atoms with E-state index in [-0.39, 0.29) is 0 Å². The Morgan fingerprint density at radius 3 is 1.71 bits per heavy atom. The van der Waals surface area contributed by atoms with Gasteiger partial charge in [0, 0.05) is 0 Å². The van der Waals surface area contributed by atoms with Crippen molar-refractivity contribution in [3.05, 3.63) is 0 Å². The molecule has 0 spiro atoms. The number of aliphatic hydroxyl groups excluding tert-OH is 2.